The zero-order valence-electron chi connectivity index (χ0n) is 12.9. The minimum atomic E-state index is -4.34. The SMILES string of the molecule is CN(CC(O)C1CC1)C(=O)NCCc1ccc(C(F)(F)F)cc1. The number of rotatable bonds is 6. The third-order valence-electron chi connectivity index (χ3n) is 3.94. The van der Waals surface area contributed by atoms with Crippen LogP contribution in [-0.4, -0.2) is 42.3 Å². The van der Waals surface area contributed by atoms with Gasteiger partial charge in [-0.15, -0.1) is 0 Å². The van der Waals surface area contributed by atoms with E-state index in [4.69, 9.17) is 0 Å². The van der Waals surface area contributed by atoms with E-state index in [1.165, 1.54) is 17.0 Å². The maximum absolute atomic E-state index is 12.4. The smallest absolute Gasteiger partial charge is 0.391 e. The number of alkyl halides is 3. The third kappa shape index (κ3) is 5.42. The molecule has 2 amide bonds. The fourth-order valence-corrected chi connectivity index (χ4v) is 2.30. The Balaban J connectivity index is 1.72. The second-order valence-electron chi connectivity index (χ2n) is 5.96. The van der Waals surface area contributed by atoms with Gasteiger partial charge in [0.1, 0.15) is 0 Å². The van der Waals surface area contributed by atoms with Crippen molar-refractivity contribution in [3.8, 4) is 0 Å². The van der Waals surface area contributed by atoms with Gasteiger partial charge in [0.25, 0.3) is 0 Å². The van der Waals surface area contributed by atoms with Crippen molar-refractivity contribution in [3.63, 3.8) is 0 Å². The Morgan fingerprint density at radius 3 is 2.48 bits per heavy atom. The number of amides is 2. The molecule has 1 unspecified atom stereocenters. The van der Waals surface area contributed by atoms with Crippen LogP contribution in [0.25, 0.3) is 0 Å². The van der Waals surface area contributed by atoms with Gasteiger partial charge in [-0.3, -0.25) is 0 Å². The molecule has 0 saturated heterocycles. The summed E-state index contributed by atoms with van der Waals surface area (Å²) in [4.78, 5) is 13.3. The number of hydrogen-bond donors (Lipinski definition) is 2. The van der Waals surface area contributed by atoms with E-state index in [0.717, 1.165) is 30.5 Å². The lowest BCUT2D eigenvalue weighted by molar-refractivity contribution is -0.137. The molecule has 1 aromatic rings. The highest BCUT2D eigenvalue weighted by atomic mass is 19.4. The van der Waals surface area contributed by atoms with Crippen LogP contribution in [0.1, 0.15) is 24.0 Å². The van der Waals surface area contributed by atoms with Gasteiger partial charge in [0.2, 0.25) is 0 Å². The summed E-state index contributed by atoms with van der Waals surface area (Å²) in [5.74, 6) is 0.303. The van der Waals surface area contributed by atoms with Gasteiger partial charge in [-0.05, 0) is 42.9 Å². The van der Waals surface area contributed by atoms with Crippen LogP contribution in [-0.2, 0) is 12.6 Å². The Bertz CT molecular complexity index is 527. The van der Waals surface area contributed by atoms with Crippen LogP contribution in [0.3, 0.4) is 0 Å². The molecule has 1 atom stereocenters. The number of halogens is 3. The van der Waals surface area contributed by atoms with Gasteiger partial charge in [-0.1, -0.05) is 12.1 Å². The zero-order chi connectivity index (χ0) is 17.0. The van der Waals surface area contributed by atoms with Crippen molar-refractivity contribution in [2.75, 3.05) is 20.1 Å². The molecule has 0 aromatic heterocycles. The summed E-state index contributed by atoms with van der Waals surface area (Å²) >= 11 is 0. The van der Waals surface area contributed by atoms with Crippen LogP contribution in [0.2, 0.25) is 0 Å². The molecule has 1 fully saturated rings. The molecule has 1 saturated carbocycles. The highest BCUT2D eigenvalue weighted by Gasteiger charge is 2.31. The van der Waals surface area contributed by atoms with Gasteiger partial charge in [-0.2, -0.15) is 13.2 Å². The van der Waals surface area contributed by atoms with Gasteiger partial charge < -0.3 is 15.3 Å². The summed E-state index contributed by atoms with van der Waals surface area (Å²) in [7, 11) is 1.61. The normalized spacial score (nSPS) is 16.0. The van der Waals surface area contributed by atoms with Crippen LogP contribution in [0.15, 0.2) is 24.3 Å². The molecule has 7 heteroatoms. The minimum absolute atomic E-state index is 0.288. The summed E-state index contributed by atoms with van der Waals surface area (Å²) in [5.41, 5.74) is 0.0399. The molecule has 0 radical (unpaired) electrons. The Kier molecular flexibility index (Phi) is 5.51. The van der Waals surface area contributed by atoms with Crippen molar-refractivity contribution >= 4 is 6.03 Å². The van der Waals surface area contributed by atoms with Gasteiger partial charge >= 0.3 is 12.2 Å². The summed E-state index contributed by atoms with van der Waals surface area (Å²) in [6.07, 6.45) is -2.36. The predicted octanol–water partition coefficient (Wildman–Crippen LogP) is 2.66. The molecule has 1 aliphatic carbocycles. The summed E-state index contributed by atoms with van der Waals surface area (Å²) in [5, 5.41) is 12.5. The number of urea groups is 1. The number of nitrogens with one attached hydrogen (secondary N) is 1. The number of hydrogen-bond acceptors (Lipinski definition) is 2. The molecule has 1 aromatic carbocycles. The van der Waals surface area contributed by atoms with Crippen LogP contribution in [0.4, 0.5) is 18.0 Å². The molecule has 4 nitrogen and oxygen atoms in total. The van der Waals surface area contributed by atoms with Crippen LogP contribution in [0, 0.1) is 5.92 Å². The Morgan fingerprint density at radius 2 is 1.96 bits per heavy atom. The number of likely N-dealkylation sites (N-methyl/N-ethyl adjacent to an activating group) is 1. The number of benzene rings is 1. The van der Waals surface area contributed by atoms with E-state index in [2.05, 4.69) is 5.32 Å². The Morgan fingerprint density at radius 1 is 1.35 bits per heavy atom. The first-order valence-corrected chi connectivity index (χ1v) is 7.60. The van der Waals surface area contributed by atoms with E-state index >= 15 is 0 Å². The largest absolute Gasteiger partial charge is 0.416 e. The maximum atomic E-state index is 12.4. The highest BCUT2D eigenvalue weighted by molar-refractivity contribution is 5.73. The third-order valence-corrected chi connectivity index (χ3v) is 3.94. The van der Waals surface area contributed by atoms with Gasteiger partial charge in [0, 0.05) is 20.1 Å². The molecule has 0 bridgehead atoms. The van der Waals surface area contributed by atoms with Crippen molar-refractivity contribution in [3.05, 3.63) is 35.4 Å². The fraction of sp³-hybridized carbons (Fsp3) is 0.562. The minimum Gasteiger partial charge on any atom is -0.391 e. The molecule has 0 heterocycles. The van der Waals surface area contributed by atoms with E-state index < -0.39 is 17.8 Å². The average Bonchev–Trinajstić information content (AvgIpc) is 3.31. The predicted molar refractivity (Wildman–Crippen MR) is 79.9 cm³/mol. The molecule has 2 rings (SSSR count). The first-order chi connectivity index (χ1) is 10.8. The van der Waals surface area contributed by atoms with Crippen molar-refractivity contribution in [1.82, 2.24) is 10.2 Å². The highest BCUT2D eigenvalue weighted by Crippen LogP contribution is 2.32. The average molecular weight is 330 g/mol. The standard InChI is InChI=1S/C16H21F3N2O2/c1-21(10-14(22)12-4-5-12)15(23)20-9-8-11-2-6-13(7-3-11)16(17,18)19/h2-3,6-7,12,14,22H,4-5,8-10H2,1H3,(H,20,23). The lowest BCUT2D eigenvalue weighted by Crippen LogP contribution is -2.42. The van der Waals surface area contributed by atoms with Crippen LogP contribution in [0.5, 0.6) is 0 Å². The van der Waals surface area contributed by atoms with Crippen LogP contribution < -0.4 is 5.32 Å². The van der Waals surface area contributed by atoms with Gasteiger partial charge in [0.15, 0.2) is 0 Å². The van der Waals surface area contributed by atoms with Crippen molar-refractivity contribution in [1.29, 1.82) is 0 Å². The number of nitrogens with zero attached hydrogens (tertiary/aromatic N) is 1. The summed E-state index contributed by atoms with van der Waals surface area (Å²) in [6.45, 7) is 0.616. The molecule has 23 heavy (non-hydrogen) atoms. The summed E-state index contributed by atoms with van der Waals surface area (Å²) in [6, 6.07) is 4.60. The molecular formula is C16H21F3N2O2. The molecule has 1 aliphatic rings. The number of aliphatic hydroxyl groups is 1. The zero-order valence-corrected chi connectivity index (χ0v) is 12.9. The van der Waals surface area contributed by atoms with E-state index in [1.54, 1.807) is 7.05 Å². The molecular weight excluding hydrogens is 309 g/mol. The number of aliphatic hydroxyl groups excluding tert-OH is 1. The molecule has 0 aliphatic heterocycles. The van der Waals surface area contributed by atoms with Gasteiger partial charge in [0.05, 0.1) is 11.7 Å². The quantitative estimate of drug-likeness (QED) is 0.842. The van der Waals surface area contributed by atoms with E-state index in [-0.39, 0.29) is 12.6 Å². The fourth-order valence-electron chi connectivity index (χ4n) is 2.30. The van der Waals surface area contributed by atoms with Crippen molar-refractivity contribution in [2.24, 2.45) is 5.92 Å². The van der Waals surface area contributed by atoms with E-state index in [0.29, 0.717) is 18.9 Å². The molecule has 2 N–H and O–H groups in total. The topological polar surface area (TPSA) is 52.6 Å². The van der Waals surface area contributed by atoms with Crippen molar-refractivity contribution < 1.29 is 23.1 Å². The maximum Gasteiger partial charge on any atom is 0.416 e. The number of carbonyl (C=O) groups is 1. The summed E-state index contributed by atoms with van der Waals surface area (Å²) < 4.78 is 37.3. The first-order valence-electron chi connectivity index (χ1n) is 7.60. The van der Waals surface area contributed by atoms with Crippen LogP contribution >= 0.6 is 0 Å². The monoisotopic (exact) mass is 330 g/mol. The Labute approximate surface area is 133 Å². The van der Waals surface area contributed by atoms with E-state index in [1.807, 2.05) is 0 Å². The van der Waals surface area contributed by atoms with Gasteiger partial charge in [-0.25, -0.2) is 4.79 Å². The second kappa shape index (κ2) is 7.21. The first kappa shape index (κ1) is 17.6. The Hall–Kier alpha value is -1.76. The number of carbonyl (C=O) groups excluding carboxylic acids is 1. The lowest BCUT2D eigenvalue weighted by Gasteiger charge is -2.21. The van der Waals surface area contributed by atoms with Crippen molar-refractivity contribution in [2.45, 2.75) is 31.5 Å². The van der Waals surface area contributed by atoms with E-state index in [9.17, 15) is 23.1 Å². The molecule has 128 valence electrons. The molecule has 0 spiro atoms. The lowest BCUT2D eigenvalue weighted by atomic mass is 10.1. The second-order valence-corrected chi connectivity index (χ2v) is 5.96.